The zero-order valence-corrected chi connectivity index (χ0v) is 11.8. The van der Waals surface area contributed by atoms with Crippen molar-refractivity contribution >= 4 is 22.5 Å². The van der Waals surface area contributed by atoms with Gasteiger partial charge >= 0.3 is 5.97 Å². The van der Waals surface area contributed by atoms with Crippen molar-refractivity contribution in [2.75, 3.05) is 0 Å². The summed E-state index contributed by atoms with van der Waals surface area (Å²) in [6, 6.07) is 5.91. The number of aromatic hydroxyl groups is 2. The van der Waals surface area contributed by atoms with Crippen LogP contribution in [0.25, 0.3) is 10.8 Å². The van der Waals surface area contributed by atoms with Crippen LogP contribution in [0.2, 0.25) is 0 Å². The van der Waals surface area contributed by atoms with E-state index in [1.165, 1.54) is 19.1 Å². The molecule has 2 N–H and O–H groups in total. The Bertz CT molecular complexity index is 718. The zero-order valence-electron chi connectivity index (χ0n) is 11.8. The van der Waals surface area contributed by atoms with Crippen molar-refractivity contribution in [3.05, 3.63) is 29.8 Å². The Morgan fingerprint density at radius 3 is 2.57 bits per heavy atom. The van der Waals surface area contributed by atoms with Gasteiger partial charge in [0, 0.05) is 18.7 Å². The first-order chi connectivity index (χ1) is 9.95. The smallest absolute Gasteiger partial charge is 0.308 e. The summed E-state index contributed by atoms with van der Waals surface area (Å²) in [5.74, 6) is -1.13. The van der Waals surface area contributed by atoms with Crippen LogP contribution in [0, 0.1) is 0 Å². The number of rotatable bonds is 4. The molecule has 0 spiro atoms. The van der Waals surface area contributed by atoms with Crippen LogP contribution in [-0.4, -0.2) is 22.0 Å². The summed E-state index contributed by atoms with van der Waals surface area (Å²) < 4.78 is 5.04. The fraction of sp³-hybridized carbons (Fsp3) is 0.250. The quantitative estimate of drug-likeness (QED) is 0.391. The number of phenolic OH excluding ortho intramolecular Hbond substituents is 2. The van der Waals surface area contributed by atoms with Crippen molar-refractivity contribution in [3.8, 4) is 17.2 Å². The fourth-order valence-corrected chi connectivity index (χ4v) is 2.22. The Balaban J connectivity index is 2.73. The van der Waals surface area contributed by atoms with Crippen LogP contribution in [0.15, 0.2) is 24.3 Å². The molecule has 110 valence electrons. The number of benzene rings is 2. The maximum Gasteiger partial charge on any atom is 0.308 e. The third-order valence-corrected chi connectivity index (χ3v) is 3.11. The lowest BCUT2D eigenvalue weighted by Gasteiger charge is -2.12. The summed E-state index contributed by atoms with van der Waals surface area (Å²) in [4.78, 5) is 23.2. The van der Waals surface area contributed by atoms with Gasteiger partial charge in [-0.05, 0) is 18.6 Å². The van der Waals surface area contributed by atoms with Gasteiger partial charge in [-0.25, -0.2) is 0 Å². The molecule has 0 atom stereocenters. The average Bonchev–Trinajstić information content (AvgIpc) is 2.42. The van der Waals surface area contributed by atoms with Crippen molar-refractivity contribution in [1.29, 1.82) is 0 Å². The molecule has 0 aliphatic heterocycles. The minimum Gasteiger partial charge on any atom is -0.507 e. The third kappa shape index (κ3) is 2.81. The maximum atomic E-state index is 12.0. The average molecular weight is 288 g/mol. The van der Waals surface area contributed by atoms with Crippen LogP contribution in [0.1, 0.15) is 37.0 Å². The van der Waals surface area contributed by atoms with E-state index in [1.807, 2.05) is 6.92 Å². The molecular formula is C16H16O5. The van der Waals surface area contributed by atoms with E-state index in [4.69, 9.17) is 4.74 Å². The van der Waals surface area contributed by atoms with Gasteiger partial charge < -0.3 is 14.9 Å². The number of hydrogen-bond donors (Lipinski definition) is 2. The third-order valence-electron chi connectivity index (χ3n) is 3.11. The highest BCUT2D eigenvalue weighted by molar-refractivity contribution is 6.08. The van der Waals surface area contributed by atoms with Crippen molar-refractivity contribution in [2.24, 2.45) is 0 Å². The fourth-order valence-electron chi connectivity index (χ4n) is 2.22. The molecule has 21 heavy (non-hydrogen) atoms. The molecule has 0 aliphatic carbocycles. The van der Waals surface area contributed by atoms with Crippen LogP contribution in [-0.2, 0) is 4.79 Å². The number of Topliss-reactive ketones (excluding diaryl/α,β-unsaturated/α-hetero) is 1. The molecule has 0 aromatic heterocycles. The standard InChI is InChI=1S/C16H16O5/c1-3-5-12(18)11-8-13(19)10-6-4-7-14(21-9(2)17)15(10)16(11)20/h4,6-8,19-20H,3,5H2,1-2H3. The molecule has 2 rings (SSSR count). The van der Waals surface area contributed by atoms with Gasteiger partial charge in [0.2, 0.25) is 0 Å². The van der Waals surface area contributed by atoms with Crippen LogP contribution < -0.4 is 4.74 Å². The van der Waals surface area contributed by atoms with Crippen molar-refractivity contribution < 1.29 is 24.5 Å². The molecule has 2 aromatic rings. The Labute approximate surface area is 121 Å². The van der Waals surface area contributed by atoms with Crippen LogP contribution in [0.4, 0.5) is 0 Å². The molecule has 0 saturated heterocycles. The first kappa shape index (κ1) is 14.8. The van der Waals surface area contributed by atoms with Gasteiger partial charge in [0.05, 0.1) is 10.9 Å². The molecule has 0 heterocycles. The van der Waals surface area contributed by atoms with E-state index >= 15 is 0 Å². The number of esters is 1. The largest absolute Gasteiger partial charge is 0.507 e. The molecule has 5 nitrogen and oxygen atoms in total. The van der Waals surface area contributed by atoms with Gasteiger partial charge in [-0.15, -0.1) is 0 Å². The number of hydrogen-bond acceptors (Lipinski definition) is 5. The lowest BCUT2D eigenvalue weighted by Crippen LogP contribution is -2.03. The van der Waals surface area contributed by atoms with E-state index in [-0.39, 0.29) is 40.4 Å². The summed E-state index contributed by atoms with van der Waals surface area (Å²) >= 11 is 0. The summed E-state index contributed by atoms with van der Waals surface area (Å²) in [5.41, 5.74) is 0.0291. The molecule has 0 amide bonds. The number of carbonyl (C=O) groups excluding carboxylic acids is 2. The normalized spacial score (nSPS) is 10.6. The summed E-state index contributed by atoms with van der Waals surface area (Å²) in [6.07, 6.45) is 0.886. The molecular weight excluding hydrogens is 272 g/mol. The number of fused-ring (bicyclic) bond motifs is 1. The molecule has 0 aliphatic rings. The van der Waals surface area contributed by atoms with Crippen LogP contribution in [0.5, 0.6) is 17.2 Å². The lowest BCUT2D eigenvalue weighted by molar-refractivity contribution is -0.131. The van der Waals surface area contributed by atoms with Crippen molar-refractivity contribution in [1.82, 2.24) is 0 Å². The number of ketones is 1. The zero-order chi connectivity index (χ0) is 15.6. The van der Waals surface area contributed by atoms with E-state index in [9.17, 15) is 19.8 Å². The molecule has 0 saturated carbocycles. The summed E-state index contributed by atoms with van der Waals surface area (Å²) in [6.45, 7) is 3.09. The highest BCUT2D eigenvalue weighted by atomic mass is 16.5. The number of phenols is 2. The Hall–Kier alpha value is -2.56. The van der Waals surface area contributed by atoms with Crippen molar-refractivity contribution in [2.45, 2.75) is 26.7 Å². The predicted octanol–water partition coefficient (Wildman–Crippen LogP) is 3.16. The number of carbonyl (C=O) groups is 2. The van der Waals surface area contributed by atoms with Gasteiger partial charge in [0.25, 0.3) is 0 Å². The molecule has 0 bridgehead atoms. The minimum atomic E-state index is -0.549. The summed E-state index contributed by atoms with van der Waals surface area (Å²) in [5, 5.41) is 20.9. The van der Waals surface area contributed by atoms with Gasteiger partial charge in [0.15, 0.2) is 5.78 Å². The van der Waals surface area contributed by atoms with E-state index in [2.05, 4.69) is 0 Å². The minimum absolute atomic E-state index is 0.0291. The van der Waals surface area contributed by atoms with Crippen LogP contribution in [0.3, 0.4) is 0 Å². The van der Waals surface area contributed by atoms with E-state index in [0.29, 0.717) is 11.8 Å². The van der Waals surface area contributed by atoms with Gasteiger partial charge in [0.1, 0.15) is 17.2 Å². The molecule has 0 radical (unpaired) electrons. The SMILES string of the molecule is CCCC(=O)c1cc(O)c2cccc(OC(C)=O)c2c1O. The van der Waals surface area contributed by atoms with Gasteiger partial charge in [-0.2, -0.15) is 0 Å². The first-order valence-electron chi connectivity index (χ1n) is 6.65. The first-order valence-corrected chi connectivity index (χ1v) is 6.65. The van der Waals surface area contributed by atoms with Gasteiger partial charge in [-0.3, -0.25) is 9.59 Å². The predicted molar refractivity (Wildman–Crippen MR) is 77.8 cm³/mol. The molecule has 5 heteroatoms. The second kappa shape index (κ2) is 5.83. The lowest BCUT2D eigenvalue weighted by atomic mass is 9.99. The Kier molecular flexibility index (Phi) is 4.12. The van der Waals surface area contributed by atoms with Crippen molar-refractivity contribution in [3.63, 3.8) is 0 Å². The molecule has 2 aromatic carbocycles. The monoisotopic (exact) mass is 288 g/mol. The molecule has 0 unspecified atom stereocenters. The summed E-state index contributed by atoms with van der Waals surface area (Å²) in [7, 11) is 0. The second-order valence-electron chi connectivity index (χ2n) is 4.74. The van der Waals surface area contributed by atoms with E-state index < -0.39 is 5.97 Å². The Morgan fingerprint density at radius 2 is 1.95 bits per heavy atom. The second-order valence-corrected chi connectivity index (χ2v) is 4.74. The molecule has 0 fully saturated rings. The van der Waals surface area contributed by atoms with Crippen LogP contribution >= 0.6 is 0 Å². The Morgan fingerprint density at radius 1 is 1.24 bits per heavy atom. The highest BCUT2D eigenvalue weighted by Crippen LogP contribution is 2.41. The van der Waals surface area contributed by atoms with E-state index in [1.54, 1.807) is 12.1 Å². The maximum absolute atomic E-state index is 12.0. The number of ether oxygens (including phenoxy) is 1. The van der Waals surface area contributed by atoms with E-state index in [0.717, 1.165) is 0 Å². The highest BCUT2D eigenvalue weighted by Gasteiger charge is 2.19. The van der Waals surface area contributed by atoms with Gasteiger partial charge in [-0.1, -0.05) is 19.1 Å². The topological polar surface area (TPSA) is 83.8 Å².